The molecule has 0 aromatic carbocycles. The number of amides is 2. The summed E-state index contributed by atoms with van der Waals surface area (Å²) >= 11 is 0. The largest absolute Gasteiger partial charge is 0.581 e. The smallest absolute Gasteiger partial charge is 0.390 e. The molecule has 0 unspecified atom stereocenters. The van der Waals surface area contributed by atoms with Crippen LogP contribution in [0.15, 0.2) is 0 Å². The van der Waals surface area contributed by atoms with Crippen LogP contribution in [0, 0.1) is 40.5 Å². The van der Waals surface area contributed by atoms with Crippen molar-refractivity contribution in [3.8, 4) is 11.6 Å². The Morgan fingerprint density at radius 1 is 0.692 bits per heavy atom. The van der Waals surface area contributed by atoms with E-state index in [9.17, 15) is 50.0 Å². The van der Waals surface area contributed by atoms with Crippen molar-refractivity contribution in [2.75, 3.05) is 0 Å². The third kappa shape index (κ3) is 2.86. The molecule has 134 valence electrons. The van der Waals surface area contributed by atoms with E-state index in [4.69, 9.17) is 0 Å². The molecule has 0 aliphatic carbocycles. The van der Waals surface area contributed by atoms with Crippen molar-refractivity contribution in [3.05, 3.63) is 40.5 Å². The van der Waals surface area contributed by atoms with Gasteiger partial charge in [-0.25, -0.2) is 0 Å². The molecule has 0 saturated heterocycles. The second-order valence-corrected chi connectivity index (χ2v) is 3.89. The Balaban J connectivity index is 2.82. The van der Waals surface area contributed by atoms with Gasteiger partial charge in [-0.05, 0) is 19.8 Å². The lowest BCUT2D eigenvalue weighted by Gasteiger charge is -1.89. The number of hydrogen-bond acceptors (Lipinski definition) is 14. The van der Waals surface area contributed by atoms with E-state index in [0.29, 0.717) is 0 Å². The number of nitro groups is 4. The fraction of sp³-hybridized carbons (Fsp3) is 0. The van der Waals surface area contributed by atoms with Crippen LogP contribution >= 0.6 is 0 Å². The van der Waals surface area contributed by atoms with Gasteiger partial charge in [0.25, 0.3) is 0 Å². The van der Waals surface area contributed by atoms with E-state index in [1.807, 2.05) is 0 Å². The minimum atomic E-state index is -2.12. The molecule has 2 rings (SSSR count). The van der Waals surface area contributed by atoms with Crippen molar-refractivity contribution in [1.82, 2.24) is 29.5 Å². The van der Waals surface area contributed by atoms with Crippen LogP contribution in [0.4, 0.5) is 21.5 Å². The molecular weight excluding hydrogens is 372 g/mol. The molecule has 2 amide bonds. The molecule has 0 aliphatic rings. The fourth-order valence-electron chi connectivity index (χ4n) is 1.47. The summed E-state index contributed by atoms with van der Waals surface area (Å²) in [4.78, 5) is 65.8. The zero-order valence-electron chi connectivity index (χ0n) is 11.6. The lowest BCUT2D eigenvalue weighted by molar-refractivity contribution is -0.395. The van der Waals surface area contributed by atoms with Crippen LogP contribution in [0.5, 0.6) is 0 Å². The topological polar surface area (TPSA) is 268 Å². The number of carbonyl (C=O) groups excluding carboxylic acids is 2. The lowest BCUT2D eigenvalue weighted by atomic mass is 10.5. The normalized spacial score (nSPS) is 10.3. The molecule has 2 aromatic rings. The van der Waals surface area contributed by atoms with Gasteiger partial charge >= 0.3 is 35.6 Å². The molecular formula is C6N10O10. The van der Waals surface area contributed by atoms with E-state index in [1.54, 1.807) is 0 Å². The number of aromatic nitrogens is 6. The van der Waals surface area contributed by atoms with Crippen molar-refractivity contribution in [3.63, 3.8) is 0 Å². The Morgan fingerprint density at radius 3 is 1.23 bits per heavy atom. The summed E-state index contributed by atoms with van der Waals surface area (Å²) in [6, 6.07) is -4.24. The predicted octanol–water partition coefficient (Wildman–Crippen LogP) is -1.16. The average Bonchev–Trinajstić information content (AvgIpc) is 3.17. The molecule has 2 heterocycles. The second kappa shape index (κ2) is 6.02. The zero-order valence-corrected chi connectivity index (χ0v) is 11.6. The first-order chi connectivity index (χ1) is 12.0. The summed E-state index contributed by atoms with van der Waals surface area (Å²) in [5, 5.41) is 48.3. The van der Waals surface area contributed by atoms with E-state index < -0.39 is 55.3 Å². The Morgan fingerprint density at radius 2 is 1.00 bits per heavy atom. The number of hydrogen-bond donors (Lipinski definition) is 0. The van der Waals surface area contributed by atoms with Gasteiger partial charge in [-0.2, -0.15) is 9.59 Å². The van der Waals surface area contributed by atoms with Gasteiger partial charge in [-0.15, -0.1) is 0 Å². The van der Waals surface area contributed by atoms with E-state index in [-0.39, 0.29) is 9.36 Å². The van der Waals surface area contributed by atoms with Crippen LogP contribution in [0.25, 0.3) is 11.6 Å². The molecule has 20 nitrogen and oxygen atoms in total. The first-order valence-corrected chi connectivity index (χ1v) is 5.65. The molecule has 0 atom stereocenters. The fourth-order valence-corrected chi connectivity index (χ4v) is 1.47. The SMILES string of the molecule is O=C(n1nc([N+](=O)[O-])nc1-c1nc([N+](=O)[O-])nn1C(=O)[N+](=O)[O-])[N+](=O)[O-]. The molecule has 26 heavy (non-hydrogen) atoms. The highest BCUT2D eigenvalue weighted by Crippen LogP contribution is 2.21. The Bertz CT molecular complexity index is 920. The van der Waals surface area contributed by atoms with E-state index in [1.165, 1.54) is 0 Å². The van der Waals surface area contributed by atoms with Gasteiger partial charge in [-0.3, -0.25) is 0 Å². The van der Waals surface area contributed by atoms with Gasteiger partial charge in [0.2, 0.25) is 0 Å². The van der Waals surface area contributed by atoms with Crippen LogP contribution in [0.3, 0.4) is 0 Å². The summed E-state index contributed by atoms with van der Waals surface area (Å²) in [5.74, 6) is -5.23. The maximum Gasteiger partial charge on any atom is 0.581 e. The summed E-state index contributed by atoms with van der Waals surface area (Å²) in [6.45, 7) is 0. The van der Waals surface area contributed by atoms with Gasteiger partial charge in [-0.1, -0.05) is 0 Å². The molecule has 0 saturated carbocycles. The van der Waals surface area contributed by atoms with E-state index in [0.717, 1.165) is 0 Å². The predicted molar refractivity (Wildman–Crippen MR) is 67.9 cm³/mol. The third-order valence-corrected chi connectivity index (χ3v) is 2.39. The molecule has 0 spiro atoms. The van der Waals surface area contributed by atoms with Gasteiger partial charge in [0.1, 0.15) is 10.2 Å². The molecule has 0 aliphatic heterocycles. The second-order valence-electron chi connectivity index (χ2n) is 3.89. The maximum atomic E-state index is 11.5. The van der Waals surface area contributed by atoms with Gasteiger partial charge < -0.3 is 40.5 Å². The van der Waals surface area contributed by atoms with Gasteiger partial charge in [0, 0.05) is 9.85 Å². The van der Waals surface area contributed by atoms with Crippen molar-refractivity contribution in [1.29, 1.82) is 0 Å². The summed E-state index contributed by atoms with van der Waals surface area (Å²) < 4.78 is -0.648. The molecule has 20 heteroatoms. The van der Waals surface area contributed by atoms with Crippen LogP contribution in [0.2, 0.25) is 0 Å². The number of nitrogens with zero attached hydrogens (tertiary/aromatic N) is 10. The highest BCUT2D eigenvalue weighted by molar-refractivity contribution is 5.77. The Labute approximate surface area is 136 Å². The average molecular weight is 372 g/mol. The highest BCUT2D eigenvalue weighted by Gasteiger charge is 2.48. The molecule has 0 radical (unpaired) electrons. The molecule has 0 bridgehead atoms. The number of carbonyl (C=O) groups is 2. The van der Waals surface area contributed by atoms with Crippen LogP contribution in [-0.4, -0.2) is 61.3 Å². The molecule has 0 N–H and O–H groups in total. The third-order valence-electron chi connectivity index (χ3n) is 2.39. The first kappa shape index (κ1) is 17.6. The zero-order chi connectivity index (χ0) is 19.8. The van der Waals surface area contributed by atoms with Gasteiger partial charge in [0.15, 0.2) is 0 Å². The maximum absolute atomic E-state index is 11.5. The van der Waals surface area contributed by atoms with Crippen molar-refractivity contribution < 1.29 is 29.3 Å². The number of rotatable bonds is 3. The van der Waals surface area contributed by atoms with Crippen molar-refractivity contribution in [2.24, 2.45) is 0 Å². The Hall–Kier alpha value is -4.78. The first-order valence-electron chi connectivity index (χ1n) is 5.65. The Kier molecular flexibility index (Phi) is 4.07. The van der Waals surface area contributed by atoms with Gasteiger partial charge in [0.05, 0.1) is 9.36 Å². The summed E-state index contributed by atoms with van der Waals surface area (Å²) in [7, 11) is 0. The standard InChI is InChI=1S/C6N10O10/c17-5(15(23)24)11-1(7-3(9-11)13(19)20)2-8-4(14(21)22)10-12(2)6(18)16(25)26. The molecule has 0 fully saturated rings. The lowest BCUT2D eigenvalue weighted by Crippen LogP contribution is -2.25. The van der Waals surface area contributed by atoms with E-state index >= 15 is 0 Å². The minimum Gasteiger partial charge on any atom is -0.390 e. The summed E-state index contributed by atoms with van der Waals surface area (Å²) in [5.41, 5.74) is 0. The molecule has 2 aromatic heterocycles. The van der Waals surface area contributed by atoms with Crippen LogP contribution in [0.1, 0.15) is 0 Å². The quantitative estimate of drug-likeness (QED) is 0.454. The van der Waals surface area contributed by atoms with Crippen LogP contribution in [-0.2, 0) is 0 Å². The van der Waals surface area contributed by atoms with E-state index in [2.05, 4.69) is 20.2 Å². The van der Waals surface area contributed by atoms with Crippen LogP contribution < -0.4 is 0 Å². The van der Waals surface area contributed by atoms with Crippen molar-refractivity contribution >= 4 is 24.0 Å². The minimum absolute atomic E-state index is 0.324. The highest BCUT2D eigenvalue weighted by atomic mass is 16.7. The summed E-state index contributed by atoms with van der Waals surface area (Å²) in [6.07, 6.45) is 0. The monoisotopic (exact) mass is 372 g/mol. The van der Waals surface area contributed by atoms with Crippen molar-refractivity contribution in [2.45, 2.75) is 0 Å².